The van der Waals surface area contributed by atoms with Gasteiger partial charge in [-0.15, -0.1) is 0 Å². The second-order valence-electron chi connectivity index (χ2n) is 6.76. The summed E-state index contributed by atoms with van der Waals surface area (Å²) in [6.45, 7) is 0. The molecule has 3 aromatic carbocycles. The molecule has 0 saturated carbocycles. The molecule has 1 saturated heterocycles. The van der Waals surface area contributed by atoms with Crippen LogP contribution in [0.2, 0.25) is 0 Å². The SMILES string of the molecule is O=C1NC(=Nc2ccccc2Br)S/C1=C/c1ccccc1OS(=O)(=O)c1ccc([N+](=O)[O-])cc1. The highest BCUT2D eigenvalue weighted by Crippen LogP contribution is 2.33. The van der Waals surface area contributed by atoms with Crippen molar-refractivity contribution in [1.82, 2.24) is 5.32 Å². The van der Waals surface area contributed by atoms with Crippen LogP contribution >= 0.6 is 27.7 Å². The molecule has 12 heteroatoms. The number of carbonyl (C=O) groups excluding carboxylic acids is 1. The zero-order valence-corrected chi connectivity index (χ0v) is 20.3. The van der Waals surface area contributed by atoms with Gasteiger partial charge in [-0.3, -0.25) is 14.9 Å². The van der Waals surface area contributed by atoms with Crippen molar-refractivity contribution in [3.63, 3.8) is 0 Å². The Labute approximate surface area is 207 Å². The van der Waals surface area contributed by atoms with E-state index in [9.17, 15) is 23.3 Å². The Hall–Kier alpha value is -3.48. The lowest BCUT2D eigenvalue weighted by atomic mass is 10.2. The van der Waals surface area contributed by atoms with Gasteiger partial charge < -0.3 is 9.50 Å². The third kappa shape index (κ3) is 5.35. The van der Waals surface area contributed by atoms with Crippen molar-refractivity contribution >= 4 is 66.3 Å². The molecule has 172 valence electrons. The molecule has 0 aliphatic carbocycles. The summed E-state index contributed by atoms with van der Waals surface area (Å²) >= 11 is 4.51. The van der Waals surface area contributed by atoms with Crippen molar-refractivity contribution in [1.29, 1.82) is 0 Å². The van der Waals surface area contributed by atoms with E-state index >= 15 is 0 Å². The Morgan fingerprint density at radius 3 is 2.41 bits per heavy atom. The molecule has 0 bridgehead atoms. The van der Waals surface area contributed by atoms with E-state index < -0.39 is 15.0 Å². The zero-order chi connectivity index (χ0) is 24.3. The van der Waals surface area contributed by atoms with Gasteiger partial charge in [0.2, 0.25) is 0 Å². The summed E-state index contributed by atoms with van der Waals surface area (Å²) in [5, 5.41) is 13.9. The average molecular weight is 560 g/mol. The highest BCUT2D eigenvalue weighted by molar-refractivity contribution is 9.10. The van der Waals surface area contributed by atoms with Gasteiger partial charge in [0.25, 0.3) is 11.6 Å². The number of para-hydroxylation sites is 2. The number of amidine groups is 1. The molecule has 1 aliphatic rings. The smallest absolute Gasteiger partial charge is 0.339 e. The Morgan fingerprint density at radius 1 is 1.03 bits per heavy atom. The minimum atomic E-state index is -4.27. The molecule has 0 radical (unpaired) electrons. The second-order valence-corrected chi connectivity index (χ2v) is 10.2. The summed E-state index contributed by atoms with van der Waals surface area (Å²) in [5.41, 5.74) is 0.755. The Balaban J connectivity index is 1.59. The number of rotatable bonds is 6. The van der Waals surface area contributed by atoms with Crippen LogP contribution in [0.25, 0.3) is 6.08 Å². The second kappa shape index (κ2) is 9.79. The van der Waals surface area contributed by atoms with Crippen LogP contribution in [0.15, 0.2) is 92.1 Å². The quantitative estimate of drug-likeness (QED) is 0.194. The molecule has 34 heavy (non-hydrogen) atoms. The maximum Gasteiger partial charge on any atom is 0.339 e. The number of amides is 1. The number of nitrogens with zero attached hydrogens (tertiary/aromatic N) is 2. The number of benzene rings is 3. The normalized spacial score (nSPS) is 16.0. The van der Waals surface area contributed by atoms with Crippen LogP contribution in [0.1, 0.15) is 5.56 Å². The first-order valence-electron chi connectivity index (χ1n) is 9.55. The van der Waals surface area contributed by atoms with Gasteiger partial charge in [-0.2, -0.15) is 8.42 Å². The fourth-order valence-electron chi connectivity index (χ4n) is 2.85. The molecule has 4 rings (SSSR count). The summed E-state index contributed by atoms with van der Waals surface area (Å²) in [5.74, 6) is -0.387. The topological polar surface area (TPSA) is 128 Å². The fraction of sp³-hybridized carbons (Fsp3) is 0. The van der Waals surface area contributed by atoms with Gasteiger partial charge in [0, 0.05) is 22.2 Å². The van der Waals surface area contributed by atoms with E-state index in [1.807, 2.05) is 18.2 Å². The van der Waals surface area contributed by atoms with Crippen molar-refractivity contribution in [3.05, 3.63) is 97.9 Å². The minimum Gasteiger partial charge on any atom is -0.378 e. The van der Waals surface area contributed by atoms with E-state index in [2.05, 4.69) is 26.2 Å². The van der Waals surface area contributed by atoms with E-state index in [0.717, 1.165) is 40.5 Å². The lowest BCUT2D eigenvalue weighted by Crippen LogP contribution is -2.19. The predicted molar refractivity (Wildman–Crippen MR) is 132 cm³/mol. The third-order valence-corrected chi connectivity index (χ3v) is 7.30. The largest absolute Gasteiger partial charge is 0.378 e. The fourth-order valence-corrected chi connectivity index (χ4v) is 5.00. The van der Waals surface area contributed by atoms with Crippen molar-refractivity contribution < 1.29 is 22.3 Å². The van der Waals surface area contributed by atoms with Crippen LogP contribution in [0.3, 0.4) is 0 Å². The first-order chi connectivity index (χ1) is 16.2. The molecular formula is C22H14BrN3O6S2. The average Bonchev–Trinajstić information content (AvgIpc) is 3.15. The molecule has 1 heterocycles. The number of hydrogen-bond acceptors (Lipinski definition) is 8. The molecule has 1 N–H and O–H groups in total. The summed E-state index contributed by atoms with van der Waals surface area (Å²) < 4.78 is 31.5. The van der Waals surface area contributed by atoms with E-state index in [-0.39, 0.29) is 22.2 Å². The Bertz CT molecular complexity index is 1450. The summed E-state index contributed by atoms with van der Waals surface area (Å²) in [4.78, 5) is 27.1. The van der Waals surface area contributed by atoms with Gasteiger partial charge in [0.15, 0.2) is 5.17 Å². The molecule has 9 nitrogen and oxygen atoms in total. The molecule has 1 aliphatic heterocycles. The van der Waals surface area contributed by atoms with Crippen molar-refractivity contribution in [2.75, 3.05) is 0 Å². The van der Waals surface area contributed by atoms with Gasteiger partial charge in [-0.1, -0.05) is 30.3 Å². The standard InChI is InChI=1S/C22H14BrN3O6S2/c23-17-6-2-3-7-18(17)24-22-25-21(27)20(33-22)13-14-5-1-4-8-19(14)32-34(30,31)16-11-9-15(10-12-16)26(28)29/h1-13H,(H,24,25,27)/b20-13+. The number of nitro benzene ring substituents is 1. The van der Waals surface area contributed by atoms with Crippen molar-refractivity contribution in [3.8, 4) is 5.75 Å². The van der Waals surface area contributed by atoms with Gasteiger partial charge >= 0.3 is 10.1 Å². The Kier molecular flexibility index (Phi) is 6.82. The van der Waals surface area contributed by atoms with Crippen LogP contribution < -0.4 is 9.50 Å². The van der Waals surface area contributed by atoms with Gasteiger partial charge in [0.05, 0.1) is 15.5 Å². The number of hydrogen-bond donors (Lipinski definition) is 1. The van der Waals surface area contributed by atoms with Crippen LogP contribution in [0.4, 0.5) is 11.4 Å². The first-order valence-corrected chi connectivity index (χ1v) is 12.6. The molecule has 1 fully saturated rings. The molecule has 0 spiro atoms. The van der Waals surface area contributed by atoms with Gasteiger partial charge in [0.1, 0.15) is 10.6 Å². The molecule has 0 aromatic heterocycles. The van der Waals surface area contributed by atoms with Gasteiger partial charge in [-0.05, 0) is 64.1 Å². The van der Waals surface area contributed by atoms with E-state index in [1.54, 1.807) is 24.3 Å². The maximum absolute atomic E-state index is 12.7. The molecular weight excluding hydrogens is 546 g/mol. The van der Waals surface area contributed by atoms with E-state index in [1.165, 1.54) is 12.1 Å². The van der Waals surface area contributed by atoms with Crippen LogP contribution in [0, 0.1) is 10.1 Å². The molecule has 0 unspecified atom stereocenters. The number of nitro groups is 1. The summed E-state index contributed by atoms with van der Waals surface area (Å²) in [6, 6.07) is 17.9. The first kappa shape index (κ1) is 23.7. The minimum absolute atomic E-state index is 0.00190. The number of nitrogens with one attached hydrogen (secondary N) is 1. The van der Waals surface area contributed by atoms with Gasteiger partial charge in [-0.25, -0.2) is 4.99 Å². The predicted octanol–water partition coefficient (Wildman–Crippen LogP) is 5.02. The van der Waals surface area contributed by atoms with E-state index in [4.69, 9.17) is 4.18 Å². The summed E-state index contributed by atoms with van der Waals surface area (Å²) in [6.07, 6.45) is 1.50. The number of carbonyl (C=O) groups is 1. The Morgan fingerprint density at radius 2 is 1.71 bits per heavy atom. The van der Waals surface area contributed by atoms with Crippen molar-refractivity contribution in [2.45, 2.75) is 4.90 Å². The highest BCUT2D eigenvalue weighted by Gasteiger charge is 2.25. The monoisotopic (exact) mass is 559 g/mol. The van der Waals surface area contributed by atoms with Crippen LogP contribution in [-0.2, 0) is 14.9 Å². The lowest BCUT2D eigenvalue weighted by Gasteiger charge is -2.09. The van der Waals surface area contributed by atoms with E-state index in [0.29, 0.717) is 21.3 Å². The third-order valence-electron chi connectivity index (χ3n) is 4.47. The molecule has 1 amide bonds. The molecule has 0 atom stereocenters. The zero-order valence-electron chi connectivity index (χ0n) is 17.0. The lowest BCUT2D eigenvalue weighted by molar-refractivity contribution is -0.384. The number of non-ortho nitro benzene ring substituents is 1. The molecule has 3 aromatic rings. The van der Waals surface area contributed by atoms with Crippen LogP contribution in [-0.4, -0.2) is 24.4 Å². The highest BCUT2D eigenvalue weighted by atomic mass is 79.9. The number of thioether (sulfide) groups is 1. The summed E-state index contributed by atoms with van der Waals surface area (Å²) in [7, 11) is -4.27. The van der Waals surface area contributed by atoms with Crippen LogP contribution in [0.5, 0.6) is 5.75 Å². The maximum atomic E-state index is 12.7. The number of halogens is 1. The number of aliphatic imine (C=N–C) groups is 1. The van der Waals surface area contributed by atoms with Crippen molar-refractivity contribution in [2.24, 2.45) is 4.99 Å².